The van der Waals surface area contributed by atoms with Crippen molar-refractivity contribution >= 4 is 17.6 Å². The molecular weight excluding hydrogens is 258 g/mol. The van der Waals surface area contributed by atoms with Crippen molar-refractivity contribution in [2.75, 3.05) is 11.9 Å². The Morgan fingerprint density at radius 2 is 2.16 bits per heavy atom. The minimum absolute atomic E-state index is 0.0618. The van der Waals surface area contributed by atoms with E-state index in [9.17, 15) is 13.6 Å². The highest BCUT2D eigenvalue weighted by Crippen LogP contribution is 2.14. The Labute approximate surface area is 108 Å². The summed E-state index contributed by atoms with van der Waals surface area (Å²) >= 11 is 0. The molecule has 6 nitrogen and oxygen atoms in total. The number of nitrogens with two attached hydrogens (primary N) is 1. The molecule has 0 heterocycles. The van der Waals surface area contributed by atoms with Crippen molar-refractivity contribution in [3.63, 3.8) is 0 Å². The second-order valence-corrected chi connectivity index (χ2v) is 3.70. The highest BCUT2D eigenvalue weighted by atomic mass is 19.1. The summed E-state index contributed by atoms with van der Waals surface area (Å²) in [5.41, 5.74) is 5.12. The number of rotatable bonds is 5. The van der Waals surface area contributed by atoms with Gasteiger partial charge < -0.3 is 21.6 Å². The predicted octanol–water partition coefficient (Wildman–Crippen LogP) is 1.61. The van der Waals surface area contributed by atoms with Gasteiger partial charge in [0, 0.05) is 19.0 Å². The van der Waals surface area contributed by atoms with Gasteiger partial charge >= 0.3 is 6.03 Å². The largest absolute Gasteiger partial charge is 0.409 e. The quantitative estimate of drug-likeness (QED) is 0.215. The minimum Gasteiger partial charge on any atom is -0.409 e. The number of oxime groups is 1. The number of carbonyl (C=O) groups is 1. The van der Waals surface area contributed by atoms with E-state index in [-0.39, 0.29) is 18.1 Å². The lowest BCUT2D eigenvalue weighted by Crippen LogP contribution is -2.30. The van der Waals surface area contributed by atoms with Crippen molar-refractivity contribution in [1.29, 1.82) is 0 Å². The van der Waals surface area contributed by atoms with Gasteiger partial charge in [0.1, 0.15) is 17.5 Å². The maximum atomic E-state index is 13.2. The first-order valence-corrected chi connectivity index (χ1v) is 5.49. The van der Waals surface area contributed by atoms with Crippen LogP contribution < -0.4 is 16.4 Å². The fourth-order valence-electron chi connectivity index (χ4n) is 1.28. The smallest absolute Gasteiger partial charge is 0.319 e. The Morgan fingerprint density at radius 1 is 1.42 bits per heavy atom. The van der Waals surface area contributed by atoms with Gasteiger partial charge in [-0.25, -0.2) is 13.6 Å². The Morgan fingerprint density at radius 3 is 2.79 bits per heavy atom. The van der Waals surface area contributed by atoms with E-state index in [1.807, 2.05) is 0 Å². The second-order valence-electron chi connectivity index (χ2n) is 3.70. The third-order valence-electron chi connectivity index (χ3n) is 2.20. The first kappa shape index (κ1) is 14.7. The number of halogens is 2. The van der Waals surface area contributed by atoms with Crippen molar-refractivity contribution in [2.24, 2.45) is 10.9 Å². The van der Waals surface area contributed by atoms with E-state index >= 15 is 0 Å². The Hall–Kier alpha value is -2.38. The summed E-state index contributed by atoms with van der Waals surface area (Å²) in [6, 6.07) is 2.22. The fraction of sp³-hybridized carbons (Fsp3) is 0.273. The molecule has 1 aromatic rings. The van der Waals surface area contributed by atoms with Crippen LogP contribution in [0.3, 0.4) is 0 Å². The third kappa shape index (κ3) is 5.19. The Kier molecular flexibility index (Phi) is 5.52. The van der Waals surface area contributed by atoms with Crippen molar-refractivity contribution in [3.8, 4) is 0 Å². The summed E-state index contributed by atoms with van der Waals surface area (Å²) in [5.74, 6) is -1.51. The summed E-state index contributed by atoms with van der Waals surface area (Å²) in [6.07, 6.45) is 0.789. The molecule has 0 saturated heterocycles. The topological polar surface area (TPSA) is 99.7 Å². The van der Waals surface area contributed by atoms with Gasteiger partial charge in [0.15, 0.2) is 0 Å². The average molecular weight is 272 g/mol. The lowest BCUT2D eigenvalue weighted by atomic mass is 10.3. The van der Waals surface area contributed by atoms with E-state index in [4.69, 9.17) is 10.9 Å². The molecular formula is C11H14F2N4O2. The maximum Gasteiger partial charge on any atom is 0.319 e. The lowest BCUT2D eigenvalue weighted by Gasteiger charge is -2.08. The minimum atomic E-state index is -0.855. The van der Waals surface area contributed by atoms with Gasteiger partial charge in [-0.2, -0.15) is 0 Å². The lowest BCUT2D eigenvalue weighted by molar-refractivity contribution is 0.252. The Bertz CT molecular complexity index is 480. The molecule has 0 fully saturated rings. The van der Waals surface area contributed by atoms with E-state index in [1.165, 1.54) is 0 Å². The first-order chi connectivity index (χ1) is 9.02. The average Bonchev–Trinajstić information content (AvgIpc) is 2.37. The molecule has 0 bridgehead atoms. The molecule has 1 aromatic carbocycles. The molecule has 1 rings (SSSR count). The number of amidine groups is 1. The number of hydrogen-bond acceptors (Lipinski definition) is 3. The summed E-state index contributed by atoms with van der Waals surface area (Å²) in [6.45, 7) is 0.269. The summed E-state index contributed by atoms with van der Waals surface area (Å²) in [5, 5.41) is 15.7. The van der Waals surface area contributed by atoms with Gasteiger partial charge in [0.05, 0.1) is 5.69 Å². The van der Waals surface area contributed by atoms with Crippen LogP contribution in [0, 0.1) is 11.6 Å². The number of urea groups is 1. The van der Waals surface area contributed by atoms with Crippen molar-refractivity contribution in [3.05, 3.63) is 29.8 Å². The fourth-order valence-corrected chi connectivity index (χ4v) is 1.28. The van der Waals surface area contributed by atoms with Crippen molar-refractivity contribution in [1.82, 2.24) is 5.32 Å². The SMILES string of the molecule is N/C(CCCNC(=O)Nc1ccc(F)cc1F)=N/O. The number of amides is 2. The molecule has 104 valence electrons. The summed E-state index contributed by atoms with van der Waals surface area (Å²) in [4.78, 5) is 11.4. The van der Waals surface area contributed by atoms with Gasteiger partial charge in [-0.05, 0) is 18.6 Å². The van der Waals surface area contributed by atoms with Crippen LogP contribution in [0.1, 0.15) is 12.8 Å². The van der Waals surface area contributed by atoms with Crippen LogP contribution in [0.15, 0.2) is 23.4 Å². The van der Waals surface area contributed by atoms with Gasteiger partial charge in [0.2, 0.25) is 0 Å². The van der Waals surface area contributed by atoms with Crippen molar-refractivity contribution < 1.29 is 18.8 Å². The van der Waals surface area contributed by atoms with E-state index in [2.05, 4.69) is 15.8 Å². The molecule has 0 radical (unpaired) electrons. The van der Waals surface area contributed by atoms with Crippen LogP contribution in [0.5, 0.6) is 0 Å². The maximum absolute atomic E-state index is 13.2. The molecule has 2 amide bonds. The molecule has 0 atom stereocenters. The molecule has 0 aliphatic carbocycles. The number of benzene rings is 1. The number of hydrogen-bond donors (Lipinski definition) is 4. The van der Waals surface area contributed by atoms with Crippen LogP contribution in [-0.4, -0.2) is 23.6 Å². The molecule has 0 saturated carbocycles. The van der Waals surface area contributed by atoms with Crippen molar-refractivity contribution in [2.45, 2.75) is 12.8 Å². The molecule has 5 N–H and O–H groups in total. The first-order valence-electron chi connectivity index (χ1n) is 5.49. The number of nitrogens with zero attached hydrogens (tertiary/aromatic N) is 1. The zero-order valence-corrected chi connectivity index (χ0v) is 9.99. The van der Waals surface area contributed by atoms with Crippen LogP contribution in [-0.2, 0) is 0 Å². The van der Waals surface area contributed by atoms with E-state index in [0.717, 1.165) is 12.1 Å². The molecule has 0 aliphatic heterocycles. The monoisotopic (exact) mass is 272 g/mol. The predicted molar refractivity (Wildman–Crippen MR) is 66.0 cm³/mol. The van der Waals surface area contributed by atoms with E-state index < -0.39 is 17.7 Å². The molecule has 0 spiro atoms. The molecule has 19 heavy (non-hydrogen) atoms. The molecule has 0 aromatic heterocycles. The highest BCUT2D eigenvalue weighted by Gasteiger charge is 2.07. The highest BCUT2D eigenvalue weighted by molar-refractivity contribution is 5.89. The van der Waals surface area contributed by atoms with Gasteiger partial charge in [-0.15, -0.1) is 0 Å². The van der Waals surface area contributed by atoms with Crippen LogP contribution >= 0.6 is 0 Å². The van der Waals surface area contributed by atoms with E-state index in [1.54, 1.807) is 0 Å². The standard InChI is InChI=1S/C11H14F2N4O2/c12-7-3-4-9(8(13)6-7)16-11(18)15-5-1-2-10(14)17-19/h3-4,6,19H,1-2,5H2,(H2,14,17)(H2,15,16,18). The van der Waals surface area contributed by atoms with Crippen LogP contribution in [0.4, 0.5) is 19.3 Å². The zero-order valence-electron chi connectivity index (χ0n) is 9.99. The number of anilines is 1. The molecule has 0 unspecified atom stereocenters. The Balaban J connectivity index is 2.35. The second kappa shape index (κ2) is 7.14. The number of nitrogens with one attached hydrogen (secondary N) is 2. The van der Waals surface area contributed by atoms with Gasteiger partial charge in [-0.3, -0.25) is 0 Å². The summed E-state index contributed by atoms with van der Waals surface area (Å²) < 4.78 is 25.8. The van der Waals surface area contributed by atoms with Crippen LogP contribution in [0.2, 0.25) is 0 Å². The molecule has 0 aliphatic rings. The molecule has 8 heteroatoms. The normalized spacial score (nSPS) is 11.2. The van der Waals surface area contributed by atoms with Crippen LogP contribution in [0.25, 0.3) is 0 Å². The van der Waals surface area contributed by atoms with Gasteiger partial charge in [0.25, 0.3) is 0 Å². The summed E-state index contributed by atoms with van der Waals surface area (Å²) in [7, 11) is 0. The number of carbonyl (C=O) groups excluding carboxylic acids is 1. The van der Waals surface area contributed by atoms with Gasteiger partial charge in [-0.1, -0.05) is 5.16 Å². The third-order valence-corrected chi connectivity index (χ3v) is 2.20. The zero-order chi connectivity index (χ0) is 14.3. The van der Waals surface area contributed by atoms with E-state index in [0.29, 0.717) is 18.9 Å².